The molecule has 1 aliphatic rings. The molecule has 2 N–H and O–H groups in total. The molecule has 0 bridgehead atoms. The number of nitrogens with zero attached hydrogens (tertiary/aromatic N) is 2. The normalized spacial score (nSPS) is 26.6. The van der Waals surface area contributed by atoms with Crippen molar-refractivity contribution in [1.29, 1.82) is 0 Å². The lowest BCUT2D eigenvalue weighted by atomic mass is 9.80. The second kappa shape index (κ2) is 5.31. The van der Waals surface area contributed by atoms with Crippen molar-refractivity contribution >= 4 is 5.69 Å². The Hall–Kier alpha value is -1.77. The quantitative estimate of drug-likeness (QED) is 0.833. The Morgan fingerprint density at radius 1 is 1.05 bits per heavy atom. The standard InChI is InChI=1S/C17H23N3/c1-12-9-13(2)11-16(10-12)20-8-7-19-17(20)14-3-5-15(18)6-4-14/h3-8,12-13,16H,9-11,18H2,1-2H3. The summed E-state index contributed by atoms with van der Waals surface area (Å²) in [5.74, 6) is 2.66. The van der Waals surface area contributed by atoms with Crippen molar-refractivity contribution in [1.82, 2.24) is 9.55 Å². The van der Waals surface area contributed by atoms with Crippen LogP contribution in [0.2, 0.25) is 0 Å². The maximum Gasteiger partial charge on any atom is 0.140 e. The summed E-state index contributed by atoms with van der Waals surface area (Å²) in [7, 11) is 0. The summed E-state index contributed by atoms with van der Waals surface area (Å²) >= 11 is 0. The summed E-state index contributed by atoms with van der Waals surface area (Å²) in [4.78, 5) is 4.56. The highest BCUT2D eigenvalue weighted by atomic mass is 15.1. The van der Waals surface area contributed by atoms with Gasteiger partial charge in [0.25, 0.3) is 0 Å². The van der Waals surface area contributed by atoms with Crippen LogP contribution in [0.5, 0.6) is 0 Å². The molecule has 106 valence electrons. The van der Waals surface area contributed by atoms with E-state index in [0.717, 1.165) is 28.9 Å². The summed E-state index contributed by atoms with van der Waals surface area (Å²) in [6.45, 7) is 4.73. The number of hydrogen-bond donors (Lipinski definition) is 1. The van der Waals surface area contributed by atoms with Crippen LogP contribution < -0.4 is 5.73 Å². The van der Waals surface area contributed by atoms with E-state index in [-0.39, 0.29) is 0 Å². The molecule has 2 atom stereocenters. The molecule has 2 aromatic rings. The van der Waals surface area contributed by atoms with E-state index < -0.39 is 0 Å². The van der Waals surface area contributed by atoms with E-state index in [1.165, 1.54) is 19.3 Å². The molecule has 1 aromatic carbocycles. The molecular formula is C17H23N3. The Balaban J connectivity index is 1.91. The average Bonchev–Trinajstić information content (AvgIpc) is 2.87. The summed E-state index contributed by atoms with van der Waals surface area (Å²) in [5, 5.41) is 0. The van der Waals surface area contributed by atoms with Gasteiger partial charge in [-0.1, -0.05) is 13.8 Å². The number of nitrogens with two attached hydrogens (primary N) is 1. The fraction of sp³-hybridized carbons (Fsp3) is 0.471. The second-order valence-corrected chi connectivity index (χ2v) is 6.35. The minimum atomic E-state index is 0.573. The molecule has 1 heterocycles. The zero-order valence-electron chi connectivity index (χ0n) is 12.3. The van der Waals surface area contributed by atoms with Crippen LogP contribution >= 0.6 is 0 Å². The third kappa shape index (κ3) is 2.58. The molecule has 1 fully saturated rings. The number of aromatic nitrogens is 2. The monoisotopic (exact) mass is 269 g/mol. The first kappa shape index (κ1) is 13.2. The van der Waals surface area contributed by atoms with Crippen LogP contribution in [0.25, 0.3) is 11.4 Å². The molecule has 1 saturated carbocycles. The number of benzene rings is 1. The molecule has 0 saturated heterocycles. The van der Waals surface area contributed by atoms with Gasteiger partial charge in [0.1, 0.15) is 5.82 Å². The smallest absolute Gasteiger partial charge is 0.140 e. The fourth-order valence-corrected chi connectivity index (χ4v) is 3.60. The maximum atomic E-state index is 5.77. The van der Waals surface area contributed by atoms with Gasteiger partial charge < -0.3 is 10.3 Å². The molecule has 3 nitrogen and oxygen atoms in total. The molecule has 0 radical (unpaired) electrons. The van der Waals surface area contributed by atoms with E-state index in [0.29, 0.717) is 6.04 Å². The highest BCUT2D eigenvalue weighted by Gasteiger charge is 2.26. The van der Waals surface area contributed by atoms with Crippen LogP contribution in [0.15, 0.2) is 36.7 Å². The van der Waals surface area contributed by atoms with E-state index in [1.54, 1.807) is 0 Å². The van der Waals surface area contributed by atoms with E-state index in [4.69, 9.17) is 5.73 Å². The molecule has 3 heteroatoms. The molecule has 0 spiro atoms. The van der Waals surface area contributed by atoms with E-state index >= 15 is 0 Å². The molecule has 0 amide bonds. The van der Waals surface area contributed by atoms with Crippen LogP contribution in [0.1, 0.15) is 39.2 Å². The van der Waals surface area contributed by atoms with Gasteiger partial charge in [0.2, 0.25) is 0 Å². The molecule has 1 aliphatic carbocycles. The third-order valence-corrected chi connectivity index (χ3v) is 4.38. The summed E-state index contributed by atoms with van der Waals surface area (Å²) < 4.78 is 2.36. The van der Waals surface area contributed by atoms with Crippen molar-refractivity contribution in [3.05, 3.63) is 36.7 Å². The van der Waals surface area contributed by atoms with Gasteiger partial charge in [-0.3, -0.25) is 0 Å². The van der Waals surface area contributed by atoms with Gasteiger partial charge in [0.15, 0.2) is 0 Å². The van der Waals surface area contributed by atoms with Crippen molar-refractivity contribution < 1.29 is 0 Å². The number of rotatable bonds is 2. The largest absolute Gasteiger partial charge is 0.399 e. The van der Waals surface area contributed by atoms with Gasteiger partial charge in [-0.25, -0.2) is 4.98 Å². The summed E-state index contributed by atoms with van der Waals surface area (Å²) in [6, 6.07) is 8.58. The van der Waals surface area contributed by atoms with Crippen molar-refractivity contribution in [2.75, 3.05) is 5.73 Å². The van der Waals surface area contributed by atoms with Crippen LogP contribution in [-0.2, 0) is 0 Å². The lowest BCUT2D eigenvalue weighted by Crippen LogP contribution is -2.22. The zero-order valence-corrected chi connectivity index (χ0v) is 12.3. The van der Waals surface area contributed by atoms with Crippen molar-refractivity contribution in [2.24, 2.45) is 11.8 Å². The van der Waals surface area contributed by atoms with Crippen LogP contribution in [-0.4, -0.2) is 9.55 Å². The molecule has 20 heavy (non-hydrogen) atoms. The average molecular weight is 269 g/mol. The predicted octanol–water partition coefficient (Wildman–Crippen LogP) is 4.13. The molecule has 3 rings (SSSR count). The first-order chi connectivity index (χ1) is 9.63. The minimum Gasteiger partial charge on any atom is -0.399 e. The van der Waals surface area contributed by atoms with Gasteiger partial charge >= 0.3 is 0 Å². The first-order valence-corrected chi connectivity index (χ1v) is 7.52. The zero-order chi connectivity index (χ0) is 14.1. The van der Waals surface area contributed by atoms with Crippen molar-refractivity contribution in [3.63, 3.8) is 0 Å². The Morgan fingerprint density at radius 3 is 2.35 bits per heavy atom. The Morgan fingerprint density at radius 2 is 1.70 bits per heavy atom. The van der Waals surface area contributed by atoms with Crippen molar-refractivity contribution in [3.8, 4) is 11.4 Å². The van der Waals surface area contributed by atoms with Gasteiger partial charge in [0.05, 0.1) is 0 Å². The van der Waals surface area contributed by atoms with Gasteiger partial charge in [-0.05, 0) is 55.4 Å². The van der Waals surface area contributed by atoms with Crippen LogP contribution in [0.4, 0.5) is 5.69 Å². The predicted molar refractivity (Wildman–Crippen MR) is 83.3 cm³/mol. The van der Waals surface area contributed by atoms with E-state index in [2.05, 4.69) is 41.7 Å². The fourth-order valence-electron chi connectivity index (χ4n) is 3.60. The maximum absolute atomic E-state index is 5.77. The summed E-state index contributed by atoms with van der Waals surface area (Å²) in [6.07, 6.45) is 7.89. The minimum absolute atomic E-state index is 0.573. The molecule has 2 unspecified atom stereocenters. The highest BCUT2D eigenvalue weighted by Crippen LogP contribution is 2.37. The van der Waals surface area contributed by atoms with E-state index in [1.807, 2.05) is 18.3 Å². The van der Waals surface area contributed by atoms with Crippen molar-refractivity contribution in [2.45, 2.75) is 39.2 Å². The third-order valence-electron chi connectivity index (χ3n) is 4.38. The number of anilines is 1. The van der Waals surface area contributed by atoms with Crippen LogP contribution in [0.3, 0.4) is 0 Å². The van der Waals surface area contributed by atoms with Gasteiger partial charge in [-0.2, -0.15) is 0 Å². The van der Waals surface area contributed by atoms with Gasteiger partial charge in [0, 0.05) is 29.7 Å². The second-order valence-electron chi connectivity index (χ2n) is 6.35. The SMILES string of the molecule is CC1CC(C)CC(n2ccnc2-c2ccc(N)cc2)C1. The van der Waals surface area contributed by atoms with E-state index in [9.17, 15) is 0 Å². The number of nitrogen functional groups attached to an aromatic ring is 1. The molecule has 1 aromatic heterocycles. The Bertz CT molecular complexity index is 560. The Labute approximate surface area is 120 Å². The molecular weight excluding hydrogens is 246 g/mol. The lowest BCUT2D eigenvalue weighted by Gasteiger charge is -2.33. The van der Waals surface area contributed by atoms with Crippen LogP contribution in [0, 0.1) is 11.8 Å². The molecule has 0 aliphatic heterocycles. The highest BCUT2D eigenvalue weighted by molar-refractivity contribution is 5.59. The van der Waals surface area contributed by atoms with Gasteiger partial charge in [-0.15, -0.1) is 0 Å². The topological polar surface area (TPSA) is 43.8 Å². The number of hydrogen-bond acceptors (Lipinski definition) is 2. The number of imidazole rings is 1. The summed E-state index contributed by atoms with van der Waals surface area (Å²) in [5.41, 5.74) is 7.72. The first-order valence-electron chi connectivity index (χ1n) is 7.52. The Kier molecular flexibility index (Phi) is 3.51. The lowest BCUT2D eigenvalue weighted by molar-refractivity contribution is 0.222.